The molecule has 0 aromatic heterocycles. The van der Waals surface area contributed by atoms with E-state index in [4.69, 9.17) is 14.7 Å². The summed E-state index contributed by atoms with van der Waals surface area (Å²) in [5.41, 5.74) is 0.606. The van der Waals surface area contributed by atoms with Crippen molar-refractivity contribution >= 4 is 0 Å². The Labute approximate surface area is 89.2 Å². The van der Waals surface area contributed by atoms with Gasteiger partial charge in [-0.2, -0.15) is 5.26 Å². The van der Waals surface area contributed by atoms with E-state index in [2.05, 4.69) is 6.07 Å². The van der Waals surface area contributed by atoms with E-state index in [0.717, 1.165) is 12.5 Å². The van der Waals surface area contributed by atoms with Crippen LogP contribution in [0.15, 0.2) is 24.3 Å². The van der Waals surface area contributed by atoms with Crippen molar-refractivity contribution in [3.8, 4) is 11.8 Å². The van der Waals surface area contributed by atoms with E-state index in [9.17, 15) is 0 Å². The van der Waals surface area contributed by atoms with Crippen LogP contribution in [0.2, 0.25) is 0 Å². The molecule has 0 spiro atoms. The van der Waals surface area contributed by atoms with E-state index in [1.165, 1.54) is 12.8 Å². The van der Waals surface area contributed by atoms with E-state index in [1.54, 1.807) is 18.2 Å². The van der Waals surface area contributed by atoms with Gasteiger partial charge < -0.3 is 9.47 Å². The molecule has 3 heteroatoms. The number of hydrogen-bond acceptors (Lipinski definition) is 3. The second-order valence-corrected chi connectivity index (χ2v) is 3.72. The zero-order chi connectivity index (χ0) is 10.5. The van der Waals surface area contributed by atoms with Crippen LogP contribution < -0.4 is 4.74 Å². The smallest absolute Gasteiger partial charge is 0.189 e. The highest BCUT2D eigenvalue weighted by atomic mass is 16.7. The van der Waals surface area contributed by atoms with Crippen molar-refractivity contribution in [1.82, 2.24) is 0 Å². The molecule has 1 aliphatic carbocycles. The zero-order valence-corrected chi connectivity index (χ0v) is 8.48. The third-order valence-electron chi connectivity index (χ3n) is 2.32. The summed E-state index contributed by atoms with van der Waals surface area (Å²) in [7, 11) is 0. The van der Waals surface area contributed by atoms with Crippen LogP contribution >= 0.6 is 0 Å². The summed E-state index contributed by atoms with van der Waals surface area (Å²) < 4.78 is 10.7. The molecule has 1 fully saturated rings. The van der Waals surface area contributed by atoms with Crippen LogP contribution in [0.5, 0.6) is 5.75 Å². The summed E-state index contributed by atoms with van der Waals surface area (Å²) in [6, 6.07) is 9.14. The van der Waals surface area contributed by atoms with Gasteiger partial charge in [0.15, 0.2) is 6.79 Å². The predicted octanol–water partition coefficient (Wildman–Crippen LogP) is 2.32. The lowest BCUT2D eigenvalue weighted by Gasteiger charge is -2.06. The average Bonchev–Trinajstić information content (AvgIpc) is 3.09. The number of rotatable bonds is 5. The molecular formula is C12H13NO2. The summed E-state index contributed by atoms with van der Waals surface area (Å²) in [5.74, 6) is 1.43. The summed E-state index contributed by atoms with van der Waals surface area (Å²) in [6.45, 7) is 1.06. The standard InChI is InChI=1S/C12H13NO2/c13-7-11-2-1-3-12(6-11)15-9-14-8-10-4-5-10/h1-3,6,10H,4-5,8-9H2. The highest BCUT2D eigenvalue weighted by Gasteiger charge is 2.20. The van der Waals surface area contributed by atoms with Gasteiger partial charge in [-0.15, -0.1) is 0 Å². The van der Waals surface area contributed by atoms with Crippen molar-refractivity contribution < 1.29 is 9.47 Å². The van der Waals surface area contributed by atoms with Gasteiger partial charge in [-0.1, -0.05) is 6.07 Å². The molecule has 0 saturated heterocycles. The molecule has 0 heterocycles. The van der Waals surface area contributed by atoms with Gasteiger partial charge in [0.1, 0.15) is 5.75 Å². The van der Waals surface area contributed by atoms with E-state index < -0.39 is 0 Å². The van der Waals surface area contributed by atoms with Crippen LogP contribution in [0.3, 0.4) is 0 Å². The fraction of sp³-hybridized carbons (Fsp3) is 0.417. The van der Waals surface area contributed by atoms with Crippen molar-refractivity contribution in [2.75, 3.05) is 13.4 Å². The minimum Gasteiger partial charge on any atom is -0.468 e. The molecule has 78 valence electrons. The van der Waals surface area contributed by atoms with Gasteiger partial charge in [-0.3, -0.25) is 0 Å². The Morgan fingerprint density at radius 1 is 1.40 bits per heavy atom. The topological polar surface area (TPSA) is 42.2 Å². The Balaban J connectivity index is 1.74. The van der Waals surface area contributed by atoms with Crippen molar-refractivity contribution in [2.45, 2.75) is 12.8 Å². The average molecular weight is 203 g/mol. The number of ether oxygens (including phenoxy) is 2. The second-order valence-electron chi connectivity index (χ2n) is 3.72. The fourth-order valence-corrected chi connectivity index (χ4v) is 1.26. The Morgan fingerprint density at radius 2 is 2.27 bits per heavy atom. The quantitative estimate of drug-likeness (QED) is 0.544. The van der Waals surface area contributed by atoms with E-state index in [0.29, 0.717) is 11.3 Å². The first-order chi connectivity index (χ1) is 7.38. The molecular weight excluding hydrogens is 190 g/mol. The van der Waals surface area contributed by atoms with Gasteiger partial charge in [0, 0.05) is 0 Å². The highest BCUT2D eigenvalue weighted by molar-refractivity contribution is 5.36. The van der Waals surface area contributed by atoms with Crippen LogP contribution in [0.25, 0.3) is 0 Å². The summed E-state index contributed by atoms with van der Waals surface area (Å²) in [6.07, 6.45) is 2.56. The fourth-order valence-electron chi connectivity index (χ4n) is 1.26. The molecule has 1 aromatic carbocycles. The summed E-state index contributed by atoms with van der Waals surface area (Å²) in [5, 5.41) is 8.68. The van der Waals surface area contributed by atoms with Gasteiger partial charge in [-0.05, 0) is 37.0 Å². The maximum Gasteiger partial charge on any atom is 0.189 e. The molecule has 0 atom stereocenters. The van der Waals surface area contributed by atoms with Crippen LogP contribution in [-0.2, 0) is 4.74 Å². The number of nitrogens with zero attached hydrogens (tertiary/aromatic N) is 1. The van der Waals surface area contributed by atoms with E-state index in [-0.39, 0.29) is 6.79 Å². The minimum atomic E-state index is 0.269. The SMILES string of the molecule is N#Cc1cccc(OCOCC2CC2)c1. The molecule has 2 rings (SSSR count). The first kappa shape index (κ1) is 10.0. The summed E-state index contributed by atoms with van der Waals surface area (Å²) >= 11 is 0. The zero-order valence-electron chi connectivity index (χ0n) is 8.48. The first-order valence-corrected chi connectivity index (χ1v) is 5.09. The largest absolute Gasteiger partial charge is 0.468 e. The molecule has 0 amide bonds. The van der Waals surface area contributed by atoms with Crippen molar-refractivity contribution in [2.24, 2.45) is 5.92 Å². The molecule has 1 aliphatic rings. The van der Waals surface area contributed by atoms with Crippen LogP contribution in [0.1, 0.15) is 18.4 Å². The van der Waals surface area contributed by atoms with Crippen LogP contribution in [0, 0.1) is 17.2 Å². The lowest BCUT2D eigenvalue weighted by Crippen LogP contribution is -2.05. The highest BCUT2D eigenvalue weighted by Crippen LogP contribution is 2.28. The van der Waals surface area contributed by atoms with E-state index in [1.807, 2.05) is 6.07 Å². The molecule has 0 bridgehead atoms. The van der Waals surface area contributed by atoms with Crippen molar-refractivity contribution in [3.05, 3.63) is 29.8 Å². The van der Waals surface area contributed by atoms with Crippen LogP contribution in [0.4, 0.5) is 0 Å². The lowest BCUT2D eigenvalue weighted by atomic mass is 10.2. The Bertz CT molecular complexity index is 366. The summed E-state index contributed by atoms with van der Waals surface area (Å²) in [4.78, 5) is 0. The van der Waals surface area contributed by atoms with Crippen molar-refractivity contribution in [3.63, 3.8) is 0 Å². The molecule has 1 aromatic rings. The molecule has 0 radical (unpaired) electrons. The first-order valence-electron chi connectivity index (χ1n) is 5.09. The minimum absolute atomic E-state index is 0.269. The van der Waals surface area contributed by atoms with Crippen LogP contribution in [-0.4, -0.2) is 13.4 Å². The Morgan fingerprint density at radius 3 is 3.00 bits per heavy atom. The van der Waals surface area contributed by atoms with Gasteiger partial charge in [-0.25, -0.2) is 0 Å². The monoisotopic (exact) mass is 203 g/mol. The Hall–Kier alpha value is -1.53. The normalized spacial score (nSPS) is 14.6. The number of nitriles is 1. The second kappa shape index (κ2) is 4.81. The molecule has 3 nitrogen and oxygen atoms in total. The maximum absolute atomic E-state index is 8.68. The number of benzene rings is 1. The molecule has 1 saturated carbocycles. The molecule has 15 heavy (non-hydrogen) atoms. The predicted molar refractivity (Wildman–Crippen MR) is 55.3 cm³/mol. The molecule has 0 unspecified atom stereocenters. The third kappa shape index (κ3) is 3.26. The van der Waals surface area contributed by atoms with Gasteiger partial charge >= 0.3 is 0 Å². The molecule has 0 aliphatic heterocycles. The maximum atomic E-state index is 8.68. The Kier molecular flexibility index (Phi) is 3.21. The number of hydrogen-bond donors (Lipinski definition) is 0. The molecule has 0 N–H and O–H groups in total. The van der Waals surface area contributed by atoms with Gasteiger partial charge in [0.05, 0.1) is 18.2 Å². The third-order valence-corrected chi connectivity index (χ3v) is 2.32. The van der Waals surface area contributed by atoms with Gasteiger partial charge in [0.2, 0.25) is 0 Å². The lowest BCUT2D eigenvalue weighted by molar-refractivity contribution is 0.00997. The van der Waals surface area contributed by atoms with E-state index >= 15 is 0 Å². The van der Waals surface area contributed by atoms with Gasteiger partial charge in [0.25, 0.3) is 0 Å². The van der Waals surface area contributed by atoms with Crippen molar-refractivity contribution in [1.29, 1.82) is 5.26 Å².